The first kappa shape index (κ1) is 23.0. The molecule has 1 amide bonds. The molecule has 1 aromatic heterocycles. The van der Waals surface area contributed by atoms with Crippen LogP contribution in [0.2, 0.25) is 0 Å². The molecule has 176 valence electrons. The van der Waals surface area contributed by atoms with E-state index >= 15 is 0 Å². The van der Waals surface area contributed by atoms with Crippen LogP contribution in [-0.4, -0.2) is 29.8 Å². The van der Waals surface area contributed by atoms with Crippen LogP contribution in [0.15, 0.2) is 89.8 Å². The van der Waals surface area contributed by atoms with Crippen molar-refractivity contribution in [3.05, 3.63) is 96.3 Å². The van der Waals surface area contributed by atoms with Gasteiger partial charge in [0.15, 0.2) is 0 Å². The first-order valence-corrected chi connectivity index (χ1v) is 12.6. The number of nitrogens with one attached hydrogen (secondary N) is 2. The number of aromatic nitrogens is 1. The number of amides is 1. The molecule has 4 aromatic carbocycles. The average Bonchev–Trinajstić information content (AvgIpc) is 3.25. The number of halogens is 1. The molecule has 0 saturated carbocycles. The third-order valence-corrected chi connectivity index (χ3v) is 6.96. The zero-order valence-electron chi connectivity index (χ0n) is 19.3. The number of H-pyrrole nitrogens is 1. The maximum absolute atomic E-state index is 13.5. The number of para-hydroxylation sites is 1. The molecule has 4 nitrogen and oxygen atoms in total. The summed E-state index contributed by atoms with van der Waals surface area (Å²) in [5, 5.41) is 6.05. The van der Waals surface area contributed by atoms with Crippen LogP contribution in [0.4, 0.5) is 4.39 Å². The Morgan fingerprint density at radius 3 is 2.49 bits per heavy atom. The van der Waals surface area contributed by atoms with Gasteiger partial charge in [0, 0.05) is 28.1 Å². The number of hydrogen-bond donors (Lipinski definition) is 2. The molecule has 0 aliphatic rings. The third kappa shape index (κ3) is 4.75. The van der Waals surface area contributed by atoms with Gasteiger partial charge in [-0.2, -0.15) is 0 Å². The van der Waals surface area contributed by atoms with Crippen molar-refractivity contribution < 1.29 is 13.9 Å². The standard InChI is InChI=1S/C29H25FN2O2S/c1-2-34-25-16-13-19-7-3-4-8-22(19)26(25)29(33)31-17-18-35-28-23-9-5-6-10-24(23)32-27(28)20-11-14-21(30)15-12-20/h3-16,32H,2,17-18H2,1H3,(H,31,33). The second-order valence-electron chi connectivity index (χ2n) is 8.08. The fourth-order valence-corrected chi connectivity index (χ4v) is 5.31. The van der Waals surface area contributed by atoms with Gasteiger partial charge in [0.1, 0.15) is 11.6 Å². The Bertz CT molecular complexity index is 1490. The molecule has 0 fully saturated rings. The lowest BCUT2D eigenvalue weighted by Gasteiger charge is -2.13. The number of aromatic amines is 1. The van der Waals surface area contributed by atoms with E-state index in [1.165, 1.54) is 12.1 Å². The summed E-state index contributed by atoms with van der Waals surface area (Å²) in [5.74, 6) is 0.855. The number of rotatable bonds is 8. The van der Waals surface area contributed by atoms with Gasteiger partial charge in [-0.05, 0) is 59.7 Å². The lowest BCUT2D eigenvalue weighted by Crippen LogP contribution is -2.26. The van der Waals surface area contributed by atoms with E-state index in [9.17, 15) is 9.18 Å². The van der Waals surface area contributed by atoms with Crippen LogP contribution in [0.25, 0.3) is 32.9 Å². The SMILES string of the molecule is CCOc1ccc2ccccc2c1C(=O)NCCSc1c(-c2ccc(F)cc2)[nH]c2ccccc12. The summed E-state index contributed by atoms with van der Waals surface area (Å²) in [7, 11) is 0. The molecule has 0 radical (unpaired) electrons. The number of carbonyl (C=O) groups excluding carboxylic acids is 1. The van der Waals surface area contributed by atoms with Crippen LogP contribution in [0, 0.1) is 5.82 Å². The van der Waals surface area contributed by atoms with Gasteiger partial charge >= 0.3 is 0 Å². The highest BCUT2D eigenvalue weighted by atomic mass is 32.2. The molecule has 0 saturated heterocycles. The van der Waals surface area contributed by atoms with Crippen molar-refractivity contribution in [2.24, 2.45) is 0 Å². The van der Waals surface area contributed by atoms with Crippen LogP contribution >= 0.6 is 11.8 Å². The highest BCUT2D eigenvalue weighted by Crippen LogP contribution is 2.37. The normalized spacial score (nSPS) is 11.1. The zero-order valence-corrected chi connectivity index (χ0v) is 20.1. The lowest BCUT2D eigenvalue weighted by atomic mass is 10.0. The summed E-state index contributed by atoms with van der Waals surface area (Å²) in [6, 6.07) is 26.3. The van der Waals surface area contributed by atoms with E-state index in [2.05, 4.69) is 16.4 Å². The van der Waals surface area contributed by atoms with E-state index < -0.39 is 0 Å². The maximum atomic E-state index is 13.5. The fourth-order valence-electron chi connectivity index (χ4n) is 4.25. The van der Waals surface area contributed by atoms with Gasteiger partial charge in [0.05, 0.1) is 17.9 Å². The predicted octanol–water partition coefficient (Wildman–Crippen LogP) is 7.05. The van der Waals surface area contributed by atoms with E-state index in [0.717, 1.165) is 37.8 Å². The van der Waals surface area contributed by atoms with Crippen molar-refractivity contribution in [1.29, 1.82) is 0 Å². The van der Waals surface area contributed by atoms with Crippen molar-refractivity contribution in [3.63, 3.8) is 0 Å². The van der Waals surface area contributed by atoms with Gasteiger partial charge < -0.3 is 15.0 Å². The van der Waals surface area contributed by atoms with Gasteiger partial charge in [-0.1, -0.05) is 48.5 Å². The molecule has 5 aromatic rings. The number of benzene rings is 4. The minimum Gasteiger partial charge on any atom is -0.493 e. The highest BCUT2D eigenvalue weighted by Gasteiger charge is 2.17. The summed E-state index contributed by atoms with van der Waals surface area (Å²) >= 11 is 1.67. The average molecular weight is 485 g/mol. The van der Waals surface area contributed by atoms with Crippen molar-refractivity contribution in [3.8, 4) is 17.0 Å². The number of hydrogen-bond acceptors (Lipinski definition) is 3. The molecular weight excluding hydrogens is 459 g/mol. The maximum Gasteiger partial charge on any atom is 0.255 e. The summed E-state index contributed by atoms with van der Waals surface area (Å²) in [5.41, 5.74) is 3.46. The van der Waals surface area contributed by atoms with E-state index in [0.29, 0.717) is 30.2 Å². The Labute approximate surface area is 207 Å². The Hall–Kier alpha value is -3.77. The van der Waals surface area contributed by atoms with E-state index in [1.807, 2.05) is 61.5 Å². The second-order valence-corrected chi connectivity index (χ2v) is 9.18. The summed E-state index contributed by atoms with van der Waals surface area (Å²) < 4.78 is 19.2. The van der Waals surface area contributed by atoms with Crippen molar-refractivity contribution in [2.45, 2.75) is 11.8 Å². The number of ether oxygens (including phenoxy) is 1. The van der Waals surface area contributed by atoms with Gasteiger partial charge in [0.25, 0.3) is 5.91 Å². The second kappa shape index (κ2) is 10.2. The van der Waals surface area contributed by atoms with Gasteiger partial charge in [-0.15, -0.1) is 11.8 Å². The fraction of sp³-hybridized carbons (Fsp3) is 0.138. The Morgan fingerprint density at radius 2 is 1.69 bits per heavy atom. The van der Waals surface area contributed by atoms with E-state index in [-0.39, 0.29) is 11.7 Å². The first-order valence-electron chi connectivity index (χ1n) is 11.6. The largest absolute Gasteiger partial charge is 0.493 e. The Morgan fingerprint density at radius 1 is 0.943 bits per heavy atom. The molecular formula is C29H25FN2O2S. The topological polar surface area (TPSA) is 54.1 Å². The van der Waals surface area contributed by atoms with Crippen LogP contribution in [0.3, 0.4) is 0 Å². The van der Waals surface area contributed by atoms with Crippen molar-refractivity contribution in [2.75, 3.05) is 18.9 Å². The monoisotopic (exact) mass is 484 g/mol. The molecule has 0 spiro atoms. The number of thioether (sulfide) groups is 1. The van der Waals surface area contributed by atoms with Gasteiger partial charge in [-0.3, -0.25) is 4.79 Å². The minimum absolute atomic E-state index is 0.150. The smallest absolute Gasteiger partial charge is 0.255 e. The Kier molecular flexibility index (Phi) is 6.73. The van der Waals surface area contributed by atoms with Crippen LogP contribution in [-0.2, 0) is 0 Å². The molecule has 0 atom stereocenters. The Balaban J connectivity index is 1.35. The van der Waals surface area contributed by atoms with Crippen LogP contribution in [0.1, 0.15) is 17.3 Å². The van der Waals surface area contributed by atoms with Gasteiger partial charge in [-0.25, -0.2) is 4.39 Å². The molecule has 0 aliphatic heterocycles. The molecule has 0 unspecified atom stereocenters. The van der Waals surface area contributed by atoms with Crippen LogP contribution in [0.5, 0.6) is 5.75 Å². The predicted molar refractivity (Wildman–Crippen MR) is 142 cm³/mol. The quantitative estimate of drug-likeness (QED) is 0.183. The molecule has 35 heavy (non-hydrogen) atoms. The molecule has 6 heteroatoms. The van der Waals surface area contributed by atoms with Crippen molar-refractivity contribution in [1.82, 2.24) is 10.3 Å². The van der Waals surface area contributed by atoms with Gasteiger partial charge in [0.2, 0.25) is 0 Å². The summed E-state index contributed by atoms with van der Waals surface area (Å²) in [6.07, 6.45) is 0. The molecule has 0 bridgehead atoms. The first-order chi connectivity index (χ1) is 17.2. The lowest BCUT2D eigenvalue weighted by molar-refractivity contribution is 0.0954. The summed E-state index contributed by atoms with van der Waals surface area (Å²) in [4.78, 5) is 17.8. The highest BCUT2D eigenvalue weighted by molar-refractivity contribution is 7.99. The van der Waals surface area contributed by atoms with E-state index in [1.54, 1.807) is 23.9 Å². The molecule has 1 heterocycles. The molecule has 2 N–H and O–H groups in total. The van der Waals surface area contributed by atoms with Crippen LogP contribution < -0.4 is 10.1 Å². The van der Waals surface area contributed by atoms with E-state index in [4.69, 9.17) is 4.74 Å². The van der Waals surface area contributed by atoms with Crippen molar-refractivity contribution >= 4 is 39.3 Å². The molecule has 5 rings (SSSR count). The number of carbonyl (C=O) groups is 1. The number of fused-ring (bicyclic) bond motifs is 2. The molecule has 0 aliphatic carbocycles. The summed E-state index contributed by atoms with van der Waals surface area (Å²) in [6.45, 7) is 2.88. The zero-order chi connectivity index (χ0) is 24.2. The third-order valence-electron chi connectivity index (χ3n) is 5.84. The minimum atomic E-state index is -0.262.